The van der Waals surface area contributed by atoms with Gasteiger partial charge in [0.25, 0.3) is 0 Å². The lowest BCUT2D eigenvalue weighted by atomic mass is 10.0. The molecule has 2 rings (SSSR count). The van der Waals surface area contributed by atoms with Crippen molar-refractivity contribution >= 4 is 15.9 Å². The summed E-state index contributed by atoms with van der Waals surface area (Å²) < 4.78 is 6.26. The lowest BCUT2D eigenvalue weighted by Gasteiger charge is -2.28. The molecular formula is C11H14BrNO2. The van der Waals surface area contributed by atoms with Gasteiger partial charge in [-0.3, -0.25) is 0 Å². The quantitative estimate of drug-likeness (QED) is 0.856. The van der Waals surface area contributed by atoms with E-state index in [0.29, 0.717) is 6.61 Å². The third kappa shape index (κ3) is 2.58. The Kier molecular flexibility index (Phi) is 3.75. The van der Waals surface area contributed by atoms with Gasteiger partial charge in [-0.15, -0.1) is 0 Å². The smallest absolute Gasteiger partial charge is 0.0976 e. The van der Waals surface area contributed by atoms with Gasteiger partial charge < -0.3 is 15.2 Å². The highest BCUT2D eigenvalue weighted by Crippen LogP contribution is 2.25. The van der Waals surface area contributed by atoms with Gasteiger partial charge in [0.05, 0.1) is 25.4 Å². The molecule has 2 atom stereocenters. The van der Waals surface area contributed by atoms with Crippen LogP contribution in [0.15, 0.2) is 28.7 Å². The molecule has 15 heavy (non-hydrogen) atoms. The SMILES string of the molecule is OC(c1ccccc1Br)C1COCCN1. The van der Waals surface area contributed by atoms with Gasteiger partial charge in [-0.2, -0.15) is 0 Å². The van der Waals surface area contributed by atoms with Gasteiger partial charge >= 0.3 is 0 Å². The molecule has 1 aromatic carbocycles. The number of hydrogen-bond acceptors (Lipinski definition) is 3. The van der Waals surface area contributed by atoms with E-state index in [9.17, 15) is 5.11 Å². The average molecular weight is 272 g/mol. The molecule has 0 aromatic heterocycles. The summed E-state index contributed by atoms with van der Waals surface area (Å²) in [6, 6.07) is 7.70. The van der Waals surface area contributed by atoms with E-state index in [2.05, 4.69) is 21.2 Å². The summed E-state index contributed by atoms with van der Waals surface area (Å²) in [6.45, 7) is 2.08. The first-order valence-corrected chi connectivity index (χ1v) is 5.82. The second-order valence-corrected chi connectivity index (χ2v) is 4.46. The lowest BCUT2D eigenvalue weighted by Crippen LogP contribution is -2.45. The predicted molar refractivity (Wildman–Crippen MR) is 61.7 cm³/mol. The number of aliphatic hydroxyl groups is 1. The fraction of sp³-hybridized carbons (Fsp3) is 0.455. The minimum atomic E-state index is -0.527. The molecule has 82 valence electrons. The minimum Gasteiger partial charge on any atom is -0.387 e. The zero-order valence-electron chi connectivity index (χ0n) is 8.32. The maximum atomic E-state index is 10.2. The van der Waals surface area contributed by atoms with Crippen LogP contribution in [0.1, 0.15) is 11.7 Å². The molecular weight excluding hydrogens is 258 g/mol. The van der Waals surface area contributed by atoms with Crippen LogP contribution in [0.4, 0.5) is 0 Å². The van der Waals surface area contributed by atoms with Crippen molar-refractivity contribution in [1.29, 1.82) is 0 Å². The Bertz CT molecular complexity index is 326. The van der Waals surface area contributed by atoms with Crippen LogP contribution in [0.25, 0.3) is 0 Å². The van der Waals surface area contributed by atoms with Gasteiger partial charge in [0.2, 0.25) is 0 Å². The van der Waals surface area contributed by atoms with Crippen LogP contribution >= 0.6 is 15.9 Å². The molecule has 1 saturated heterocycles. The molecule has 0 radical (unpaired) electrons. The zero-order valence-corrected chi connectivity index (χ0v) is 9.90. The molecule has 3 nitrogen and oxygen atoms in total. The van der Waals surface area contributed by atoms with Crippen LogP contribution in [0.3, 0.4) is 0 Å². The van der Waals surface area contributed by atoms with Crippen LogP contribution < -0.4 is 5.32 Å². The Morgan fingerprint density at radius 3 is 2.93 bits per heavy atom. The Balaban J connectivity index is 2.12. The zero-order chi connectivity index (χ0) is 10.7. The second kappa shape index (κ2) is 5.07. The van der Waals surface area contributed by atoms with E-state index in [1.54, 1.807) is 0 Å². The maximum absolute atomic E-state index is 10.2. The largest absolute Gasteiger partial charge is 0.387 e. The molecule has 1 heterocycles. The van der Waals surface area contributed by atoms with Crippen LogP contribution in [-0.4, -0.2) is 30.9 Å². The Morgan fingerprint density at radius 2 is 2.27 bits per heavy atom. The van der Waals surface area contributed by atoms with Gasteiger partial charge in [0.15, 0.2) is 0 Å². The lowest BCUT2D eigenvalue weighted by molar-refractivity contribution is 0.0174. The van der Waals surface area contributed by atoms with Crippen molar-refractivity contribution in [1.82, 2.24) is 5.32 Å². The highest BCUT2D eigenvalue weighted by Gasteiger charge is 2.24. The van der Waals surface area contributed by atoms with E-state index >= 15 is 0 Å². The molecule has 0 bridgehead atoms. The number of hydrogen-bond donors (Lipinski definition) is 2. The molecule has 0 spiro atoms. The number of nitrogens with one attached hydrogen (secondary N) is 1. The van der Waals surface area contributed by atoms with E-state index in [1.165, 1.54) is 0 Å². The van der Waals surface area contributed by atoms with Crippen LogP contribution in [0.5, 0.6) is 0 Å². The van der Waals surface area contributed by atoms with E-state index in [1.807, 2.05) is 24.3 Å². The summed E-state index contributed by atoms with van der Waals surface area (Å²) in [5, 5.41) is 13.4. The van der Waals surface area contributed by atoms with Crippen LogP contribution in [0.2, 0.25) is 0 Å². The third-order valence-electron chi connectivity index (χ3n) is 2.56. The Hall–Kier alpha value is -0.420. The monoisotopic (exact) mass is 271 g/mol. The van der Waals surface area contributed by atoms with E-state index in [0.717, 1.165) is 23.2 Å². The summed E-state index contributed by atoms with van der Waals surface area (Å²) in [5.74, 6) is 0. The molecule has 1 fully saturated rings. The molecule has 0 amide bonds. The molecule has 0 saturated carbocycles. The molecule has 2 N–H and O–H groups in total. The molecule has 1 aliphatic heterocycles. The highest BCUT2D eigenvalue weighted by molar-refractivity contribution is 9.10. The van der Waals surface area contributed by atoms with Crippen molar-refractivity contribution in [3.05, 3.63) is 34.3 Å². The van der Waals surface area contributed by atoms with Crippen molar-refractivity contribution in [2.24, 2.45) is 0 Å². The van der Waals surface area contributed by atoms with Crippen molar-refractivity contribution < 1.29 is 9.84 Å². The van der Waals surface area contributed by atoms with Crippen molar-refractivity contribution in [2.75, 3.05) is 19.8 Å². The normalized spacial score (nSPS) is 23.7. The van der Waals surface area contributed by atoms with E-state index < -0.39 is 6.10 Å². The highest BCUT2D eigenvalue weighted by atomic mass is 79.9. The molecule has 1 aliphatic rings. The van der Waals surface area contributed by atoms with Gasteiger partial charge in [-0.05, 0) is 11.6 Å². The molecule has 0 aliphatic carbocycles. The molecule has 1 aromatic rings. The first-order chi connectivity index (χ1) is 7.29. The van der Waals surface area contributed by atoms with E-state index in [4.69, 9.17) is 4.74 Å². The summed E-state index contributed by atoms with van der Waals surface area (Å²) in [6.07, 6.45) is -0.527. The van der Waals surface area contributed by atoms with Crippen molar-refractivity contribution in [3.63, 3.8) is 0 Å². The number of rotatable bonds is 2. The number of aliphatic hydroxyl groups excluding tert-OH is 1. The maximum Gasteiger partial charge on any atom is 0.0976 e. The topological polar surface area (TPSA) is 41.5 Å². The number of benzene rings is 1. The van der Waals surface area contributed by atoms with Gasteiger partial charge in [-0.1, -0.05) is 34.1 Å². The van der Waals surface area contributed by atoms with E-state index in [-0.39, 0.29) is 6.04 Å². The van der Waals surface area contributed by atoms with Crippen molar-refractivity contribution in [3.8, 4) is 0 Å². The number of halogens is 1. The Labute approximate surface area is 97.6 Å². The molecule has 2 unspecified atom stereocenters. The first kappa shape index (κ1) is 11.1. The van der Waals surface area contributed by atoms with Gasteiger partial charge in [0, 0.05) is 11.0 Å². The average Bonchev–Trinajstić information content (AvgIpc) is 2.30. The van der Waals surface area contributed by atoms with Crippen LogP contribution in [0, 0.1) is 0 Å². The minimum absolute atomic E-state index is 0.0163. The summed E-state index contributed by atoms with van der Waals surface area (Å²) in [4.78, 5) is 0. The van der Waals surface area contributed by atoms with Gasteiger partial charge in [-0.25, -0.2) is 0 Å². The second-order valence-electron chi connectivity index (χ2n) is 3.60. The predicted octanol–water partition coefficient (Wildman–Crippen LogP) is 1.47. The first-order valence-electron chi connectivity index (χ1n) is 5.02. The van der Waals surface area contributed by atoms with Crippen molar-refractivity contribution in [2.45, 2.75) is 12.1 Å². The fourth-order valence-corrected chi connectivity index (χ4v) is 2.24. The molecule has 4 heteroatoms. The number of morpholine rings is 1. The standard InChI is InChI=1S/C11H14BrNO2/c12-9-4-2-1-3-8(9)11(14)10-7-15-6-5-13-10/h1-4,10-11,13-14H,5-7H2. The van der Waals surface area contributed by atoms with Crippen LogP contribution in [-0.2, 0) is 4.74 Å². The fourth-order valence-electron chi connectivity index (χ4n) is 1.72. The summed E-state index contributed by atoms with van der Waals surface area (Å²) in [7, 11) is 0. The summed E-state index contributed by atoms with van der Waals surface area (Å²) in [5.41, 5.74) is 0.903. The Morgan fingerprint density at radius 1 is 1.47 bits per heavy atom. The number of ether oxygens (including phenoxy) is 1. The van der Waals surface area contributed by atoms with Gasteiger partial charge in [0.1, 0.15) is 0 Å². The third-order valence-corrected chi connectivity index (χ3v) is 3.28. The summed E-state index contributed by atoms with van der Waals surface area (Å²) >= 11 is 3.43.